The first-order valence-corrected chi connectivity index (χ1v) is 7.19. The Morgan fingerprint density at radius 2 is 2.56 bits per heavy atom. The third-order valence-electron chi connectivity index (χ3n) is 2.95. The van der Waals surface area contributed by atoms with Crippen LogP contribution in [0.4, 0.5) is 0 Å². The first kappa shape index (κ1) is 13.2. The van der Waals surface area contributed by atoms with E-state index < -0.39 is 0 Å². The van der Waals surface area contributed by atoms with E-state index in [0.717, 1.165) is 12.1 Å². The molecule has 1 aliphatic heterocycles. The van der Waals surface area contributed by atoms with Crippen LogP contribution >= 0.6 is 11.8 Å². The summed E-state index contributed by atoms with van der Waals surface area (Å²) >= 11 is 2.00. The second-order valence-electron chi connectivity index (χ2n) is 4.33. The van der Waals surface area contributed by atoms with Crippen molar-refractivity contribution in [2.45, 2.75) is 25.4 Å². The number of nitrogens with one attached hydrogen (secondary N) is 1. The zero-order valence-electron chi connectivity index (χ0n) is 10.2. The van der Waals surface area contributed by atoms with Gasteiger partial charge in [-0.1, -0.05) is 5.16 Å². The van der Waals surface area contributed by atoms with Gasteiger partial charge in [-0.15, -0.1) is 0 Å². The smallest absolute Gasteiger partial charge is 0.188 e. The molecule has 1 fully saturated rings. The molecule has 6 heteroatoms. The maximum absolute atomic E-state index is 8.62. The summed E-state index contributed by atoms with van der Waals surface area (Å²) in [4.78, 5) is 4.06. The summed E-state index contributed by atoms with van der Waals surface area (Å²) in [7, 11) is 0. The van der Waals surface area contributed by atoms with Gasteiger partial charge in [-0.3, -0.25) is 4.98 Å². The summed E-state index contributed by atoms with van der Waals surface area (Å²) in [6.07, 6.45) is 4.21. The quantitative estimate of drug-likeness (QED) is 0.330. The van der Waals surface area contributed by atoms with Crippen molar-refractivity contribution in [1.29, 1.82) is 0 Å². The van der Waals surface area contributed by atoms with E-state index in [9.17, 15) is 0 Å². The molecule has 4 N–H and O–H groups in total. The van der Waals surface area contributed by atoms with Crippen LogP contribution in [0.25, 0.3) is 0 Å². The molecule has 1 aromatic heterocycles. The van der Waals surface area contributed by atoms with E-state index in [-0.39, 0.29) is 5.84 Å². The molecule has 0 radical (unpaired) electrons. The van der Waals surface area contributed by atoms with Crippen molar-refractivity contribution in [2.75, 3.05) is 11.5 Å². The number of amidine groups is 1. The van der Waals surface area contributed by atoms with Crippen LogP contribution in [-0.4, -0.2) is 33.6 Å². The molecular formula is C12H18N4OS. The lowest BCUT2D eigenvalue weighted by Gasteiger charge is -2.22. The Balaban J connectivity index is 1.92. The Labute approximate surface area is 111 Å². The number of pyridine rings is 1. The molecular weight excluding hydrogens is 248 g/mol. The Bertz CT molecular complexity index is 418. The van der Waals surface area contributed by atoms with Gasteiger partial charge < -0.3 is 16.3 Å². The normalized spacial score (nSPS) is 20.9. The molecule has 1 atom stereocenters. The molecule has 1 unspecified atom stereocenters. The zero-order chi connectivity index (χ0) is 12.8. The van der Waals surface area contributed by atoms with E-state index in [1.165, 1.54) is 24.3 Å². The largest absolute Gasteiger partial charge is 0.409 e. The maximum Gasteiger partial charge on any atom is 0.188 e. The molecule has 0 amide bonds. The summed E-state index contributed by atoms with van der Waals surface area (Å²) in [5.41, 5.74) is 7.12. The van der Waals surface area contributed by atoms with E-state index in [0.29, 0.717) is 11.7 Å². The lowest BCUT2D eigenvalue weighted by molar-refractivity contribution is 0.318. The third kappa shape index (κ3) is 3.61. The van der Waals surface area contributed by atoms with E-state index in [1.807, 2.05) is 23.9 Å². The minimum atomic E-state index is 0.0464. The predicted molar refractivity (Wildman–Crippen MR) is 73.9 cm³/mol. The van der Waals surface area contributed by atoms with E-state index in [1.54, 1.807) is 6.20 Å². The van der Waals surface area contributed by atoms with Crippen LogP contribution in [-0.2, 0) is 6.54 Å². The maximum atomic E-state index is 8.62. The summed E-state index contributed by atoms with van der Waals surface area (Å²) in [5, 5.41) is 15.1. The van der Waals surface area contributed by atoms with Crippen molar-refractivity contribution in [3.63, 3.8) is 0 Å². The fourth-order valence-corrected chi connectivity index (χ4v) is 3.05. The summed E-state index contributed by atoms with van der Waals surface area (Å²) in [5.74, 6) is 2.50. The standard InChI is InChI=1S/C12H18N4OS/c13-12(16-17)11-6-9(3-4-14-11)7-15-10-2-1-5-18-8-10/h3-4,6,10,15,17H,1-2,5,7-8H2,(H2,13,16). The highest BCUT2D eigenvalue weighted by atomic mass is 32.2. The highest BCUT2D eigenvalue weighted by Gasteiger charge is 2.12. The van der Waals surface area contributed by atoms with Gasteiger partial charge in [-0.25, -0.2) is 0 Å². The number of hydrogen-bond donors (Lipinski definition) is 3. The van der Waals surface area contributed by atoms with Crippen molar-refractivity contribution in [2.24, 2.45) is 10.9 Å². The van der Waals surface area contributed by atoms with Gasteiger partial charge in [0, 0.05) is 24.5 Å². The van der Waals surface area contributed by atoms with Crippen LogP contribution in [0.1, 0.15) is 24.1 Å². The number of nitrogens with zero attached hydrogens (tertiary/aromatic N) is 2. The predicted octanol–water partition coefficient (Wildman–Crippen LogP) is 1.16. The highest BCUT2D eigenvalue weighted by molar-refractivity contribution is 7.99. The number of nitrogens with two attached hydrogens (primary N) is 1. The van der Waals surface area contributed by atoms with Gasteiger partial charge in [0.25, 0.3) is 0 Å². The molecule has 1 saturated heterocycles. The molecule has 1 aromatic rings. The van der Waals surface area contributed by atoms with Crippen molar-refractivity contribution in [3.8, 4) is 0 Å². The SMILES string of the molecule is N/C(=N/O)c1cc(CNC2CCCSC2)ccn1. The van der Waals surface area contributed by atoms with Crippen molar-refractivity contribution >= 4 is 17.6 Å². The monoisotopic (exact) mass is 266 g/mol. The van der Waals surface area contributed by atoms with Gasteiger partial charge in [-0.05, 0) is 36.3 Å². The van der Waals surface area contributed by atoms with Crippen molar-refractivity contribution in [1.82, 2.24) is 10.3 Å². The van der Waals surface area contributed by atoms with Gasteiger partial charge in [0.05, 0.1) is 0 Å². The molecule has 0 aliphatic carbocycles. The lowest BCUT2D eigenvalue weighted by Crippen LogP contribution is -2.33. The molecule has 0 bridgehead atoms. The molecule has 5 nitrogen and oxygen atoms in total. The number of rotatable bonds is 4. The Kier molecular flexibility index (Phi) is 4.83. The summed E-state index contributed by atoms with van der Waals surface area (Å²) < 4.78 is 0. The first-order chi connectivity index (χ1) is 8.79. The molecule has 0 spiro atoms. The van der Waals surface area contributed by atoms with Crippen molar-refractivity contribution in [3.05, 3.63) is 29.6 Å². The minimum absolute atomic E-state index is 0.0464. The van der Waals surface area contributed by atoms with Crippen LogP contribution in [0.5, 0.6) is 0 Å². The summed E-state index contributed by atoms with van der Waals surface area (Å²) in [6.45, 7) is 0.791. The molecule has 2 heterocycles. The van der Waals surface area contributed by atoms with Crippen LogP contribution in [0.3, 0.4) is 0 Å². The minimum Gasteiger partial charge on any atom is -0.409 e. The van der Waals surface area contributed by atoms with Crippen LogP contribution in [0.2, 0.25) is 0 Å². The number of oxime groups is 1. The summed E-state index contributed by atoms with van der Waals surface area (Å²) in [6, 6.07) is 4.37. The average molecular weight is 266 g/mol. The molecule has 18 heavy (non-hydrogen) atoms. The van der Waals surface area contributed by atoms with Gasteiger partial charge in [0.2, 0.25) is 0 Å². The second kappa shape index (κ2) is 6.61. The highest BCUT2D eigenvalue weighted by Crippen LogP contribution is 2.17. The molecule has 0 aromatic carbocycles. The van der Waals surface area contributed by atoms with Crippen LogP contribution < -0.4 is 11.1 Å². The van der Waals surface area contributed by atoms with E-state index in [4.69, 9.17) is 10.9 Å². The van der Waals surface area contributed by atoms with Crippen LogP contribution in [0.15, 0.2) is 23.5 Å². The topological polar surface area (TPSA) is 83.5 Å². The Hall–Kier alpha value is -1.27. The fraction of sp³-hybridized carbons (Fsp3) is 0.500. The second-order valence-corrected chi connectivity index (χ2v) is 5.48. The number of thioether (sulfide) groups is 1. The molecule has 0 saturated carbocycles. The number of aromatic nitrogens is 1. The van der Waals surface area contributed by atoms with Gasteiger partial charge in [0.1, 0.15) is 5.69 Å². The third-order valence-corrected chi connectivity index (χ3v) is 4.17. The van der Waals surface area contributed by atoms with Gasteiger partial charge in [0.15, 0.2) is 5.84 Å². The van der Waals surface area contributed by atoms with E-state index in [2.05, 4.69) is 15.5 Å². The first-order valence-electron chi connectivity index (χ1n) is 6.03. The lowest BCUT2D eigenvalue weighted by atomic mass is 10.1. The number of hydrogen-bond acceptors (Lipinski definition) is 5. The van der Waals surface area contributed by atoms with E-state index >= 15 is 0 Å². The zero-order valence-corrected chi connectivity index (χ0v) is 11.0. The van der Waals surface area contributed by atoms with Crippen molar-refractivity contribution < 1.29 is 5.21 Å². The fourth-order valence-electron chi connectivity index (χ4n) is 1.94. The molecule has 2 rings (SSSR count). The van der Waals surface area contributed by atoms with Crippen LogP contribution in [0, 0.1) is 0 Å². The Morgan fingerprint density at radius 1 is 1.67 bits per heavy atom. The van der Waals surface area contributed by atoms with Gasteiger partial charge in [-0.2, -0.15) is 11.8 Å². The van der Waals surface area contributed by atoms with Gasteiger partial charge >= 0.3 is 0 Å². The molecule has 1 aliphatic rings. The molecule has 98 valence electrons. The Morgan fingerprint density at radius 3 is 3.28 bits per heavy atom. The average Bonchev–Trinajstić information content (AvgIpc) is 2.45.